The summed E-state index contributed by atoms with van der Waals surface area (Å²) in [6.07, 6.45) is 0. The molecule has 6 nitrogen and oxygen atoms in total. The third-order valence-electron chi connectivity index (χ3n) is 4.35. The molecule has 1 heterocycles. The number of piperazine rings is 1. The average molecular weight is 493 g/mol. The smallest absolute Gasteiger partial charge is 0.260 e. The number of benzene rings is 2. The van der Waals surface area contributed by atoms with Crippen molar-refractivity contribution in [1.82, 2.24) is 9.21 Å². The Morgan fingerprint density at radius 1 is 1.00 bits per heavy atom. The number of rotatable bonds is 5. The predicted molar refractivity (Wildman–Crippen MR) is 101 cm³/mol. The lowest BCUT2D eigenvalue weighted by Gasteiger charge is -2.34. The summed E-state index contributed by atoms with van der Waals surface area (Å²) in [5, 5.41) is 0. The van der Waals surface area contributed by atoms with Gasteiger partial charge in [-0.2, -0.15) is 4.31 Å². The van der Waals surface area contributed by atoms with Crippen LogP contribution in [0, 0.1) is 17.5 Å². The molecule has 11 heteroatoms. The summed E-state index contributed by atoms with van der Waals surface area (Å²) in [5.74, 6) is -3.06. The second-order valence-electron chi connectivity index (χ2n) is 6.22. The van der Waals surface area contributed by atoms with Gasteiger partial charge in [0, 0.05) is 30.7 Å². The van der Waals surface area contributed by atoms with Crippen molar-refractivity contribution in [2.45, 2.75) is 4.90 Å². The summed E-state index contributed by atoms with van der Waals surface area (Å²) in [6, 6.07) is 6.36. The van der Waals surface area contributed by atoms with Crippen LogP contribution in [0.4, 0.5) is 13.2 Å². The topological polar surface area (TPSA) is 66.9 Å². The van der Waals surface area contributed by atoms with E-state index >= 15 is 0 Å². The Morgan fingerprint density at radius 2 is 1.69 bits per heavy atom. The van der Waals surface area contributed by atoms with E-state index in [0.29, 0.717) is 10.5 Å². The molecule has 2 aromatic carbocycles. The highest BCUT2D eigenvalue weighted by molar-refractivity contribution is 9.10. The van der Waals surface area contributed by atoms with Gasteiger partial charge in [-0.25, -0.2) is 21.6 Å². The van der Waals surface area contributed by atoms with E-state index in [0.717, 1.165) is 16.4 Å². The van der Waals surface area contributed by atoms with Gasteiger partial charge in [-0.15, -0.1) is 0 Å². The van der Waals surface area contributed by atoms with Gasteiger partial charge in [-0.1, -0.05) is 15.9 Å². The van der Waals surface area contributed by atoms with E-state index in [1.165, 1.54) is 17.0 Å². The first kappa shape index (κ1) is 21.6. The third kappa shape index (κ3) is 4.90. The van der Waals surface area contributed by atoms with Crippen LogP contribution in [0.15, 0.2) is 45.8 Å². The summed E-state index contributed by atoms with van der Waals surface area (Å²) >= 11 is 3.12. The second kappa shape index (κ2) is 8.72. The molecule has 1 amide bonds. The van der Waals surface area contributed by atoms with Crippen molar-refractivity contribution >= 4 is 31.9 Å². The number of nitrogens with zero attached hydrogens (tertiary/aromatic N) is 2. The SMILES string of the molecule is O=C(COc1ccc(Br)cc1F)N1CCN(S(=O)(=O)c2cc(F)ccc2F)CC1. The maximum atomic E-state index is 13.9. The zero-order chi connectivity index (χ0) is 21.2. The number of hydrogen-bond donors (Lipinski definition) is 0. The Morgan fingerprint density at radius 3 is 2.34 bits per heavy atom. The highest BCUT2D eigenvalue weighted by Gasteiger charge is 2.32. The van der Waals surface area contributed by atoms with Crippen LogP contribution in [0.2, 0.25) is 0 Å². The van der Waals surface area contributed by atoms with E-state index in [9.17, 15) is 26.4 Å². The fourth-order valence-corrected chi connectivity index (χ4v) is 4.65. The molecule has 3 rings (SSSR count). The fourth-order valence-electron chi connectivity index (χ4n) is 2.81. The van der Waals surface area contributed by atoms with Gasteiger partial charge in [0.05, 0.1) is 0 Å². The van der Waals surface area contributed by atoms with Gasteiger partial charge >= 0.3 is 0 Å². The molecule has 156 valence electrons. The molecule has 0 bridgehead atoms. The molecule has 0 radical (unpaired) electrons. The number of carbonyl (C=O) groups is 1. The number of ether oxygens (including phenoxy) is 1. The van der Waals surface area contributed by atoms with E-state index in [4.69, 9.17) is 4.74 Å². The van der Waals surface area contributed by atoms with Crippen molar-refractivity contribution < 1.29 is 31.1 Å². The molecule has 0 aliphatic carbocycles. The predicted octanol–water partition coefficient (Wildman–Crippen LogP) is 2.78. The molecule has 1 saturated heterocycles. The summed E-state index contributed by atoms with van der Waals surface area (Å²) in [7, 11) is -4.23. The summed E-state index contributed by atoms with van der Waals surface area (Å²) in [4.78, 5) is 12.9. The molecule has 0 N–H and O–H groups in total. The zero-order valence-corrected chi connectivity index (χ0v) is 17.3. The monoisotopic (exact) mass is 492 g/mol. The number of hydrogen-bond acceptors (Lipinski definition) is 4. The average Bonchev–Trinajstić information content (AvgIpc) is 2.69. The zero-order valence-electron chi connectivity index (χ0n) is 14.9. The molecular weight excluding hydrogens is 477 g/mol. The number of sulfonamides is 1. The molecule has 1 aliphatic heterocycles. The van der Waals surface area contributed by atoms with Crippen LogP contribution in [0.5, 0.6) is 5.75 Å². The van der Waals surface area contributed by atoms with Crippen LogP contribution in [-0.4, -0.2) is 56.3 Å². The number of halogens is 4. The highest BCUT2D eigenvalue weighted by Crippen LogP contribution is 2.23. The van der Waals surface area contributed by atoms with Crippen LogP contribution < -0.4 is 4.74 Å². The Balaban J connectivity index is 1.59. The van der Waals surface area contributed by atoms with Crippen molar-refractivity contribution in [2.24, 2.45) is 0 Å². The first-order chi connectivity index (χ1) is 13.7. The normalized spacial score (nSPS) is 15.4. The molecule has 1 aliphatic rings. The molecule has 2 aromatic rings. The van der Waals surface area contributed by atoms with Gasteiger partial charge < -0.3 is 9.64 Å². The first-order valence-corrected chi connectivity index (χ1v) is 10.7. The third-order valence-corrected chi connectivity index (χ3v) is 6.75. The summed E-state index contributed by atoms with van der Waals surface area (Å²) in [5.41, 5.74) is 0. The molecule has 0 saturated carbocycles. The lowest BCUT2D eigenvalue weighted by atomic mass is 10.3. The number of amides is 1. The van der Waals surface area contributed by atoms with Crippen molar-refractivity contribution in [1.29, 1.82) is 0 Å². The van der Waals surface area contributed by atoms with Crippen LogP contribution in [0.25, 0.3) is 0 Å². The molecule has 0 spiro atoms. The van der Waals surface area contributed by atoms with E-state index < -0.39 is 44.9 Å². The van der Waals surface area contributed by atoms with E-state index in [-0.39, 0.29) is 31.9 Å². The van der Waals surface area contributed by atoms with E-state index in [1.807, 2.05) is 0 Å². The van der Waals surface area contributed by atoms with Crippen LogP contribution in [0.1, 0.15) is 0 Å². The highest BCUT2D eigenvalue weighted by atomic mass is 79.9. The minimum atomic E-state index is -4.23. The molecule has 29 heavy (non-hydrogen) atoms. The van der Waals surface area contributed by atoms with Crippen LogP contribution >= 0.6 is 15.9 Å². The van der Waals surface area contributed by atoms with E-state index in [1.54, 1.807) is 6.07 Å². The molecule has 1 fully saturated rings. The maximum absolute atomic E-state index is 13.9. The van der Waals surface area contributed by atoms with Crippen molar-refractivity contribution in [3.05, 3.63) is 58.3 Å². The lowest BCUT2D eigenvalue weighted by Crippen LogP contribution is -2.51. The molecule has 0 atom stereocenters. The van der Waals surface area contributed by atoms with Gasteiger partial charge in [0.2, 0.25) is 10.0 Å². The van der Waals surface area contributed by atoms with Crippen LogP contribution in [-0.2, 0) is 14.8 Å². The molecular formula is C18H16BrF3N2O4S. The Bertz CT molecular complexity index is 1030. The molecule has 0 unspecified atom stereocenters. The number of carbonyl (C=O) groups excluding carboxylic acids is 1. The van der Waals surface area contributed by atoms with Crippen molar-refractivity contribution in [3.63, 3.8) is 0 Å². The van der Waals surface area contributed by atoms with Gasteiger partial charge in [-0.3, -0.25) is 4.79 Å². The summed E-state index contributed by atoms with van der Waals surface area (Å²) < 4.78 is 72.8. The van der Waals surface area contributed by atoms with Crippen molar-refractivity contribution in [2.75, 3.05) is 32.8 Å². The lowest BCUT2D eigenvalue weighted by molar-refractivity contribution is -0.134. The van der Waals surface area contributed by atoms with Crippen molar-refractivity contribution in [3.8, 4) is 5.75 Å². The van der Waals surface area contributed by atoms with Crippen LogP contribution in [0.3, 0.4) is 0 Å². The van der Waals surface area contributed by atoms with Gasteiger partial charge in [0.15, 0.2) is 18.2 Å². The maximum Gasteiger partial charge on any atom is 0.260 e. The minimum Gasteiger partial charge on any atom is -0.481 e. The quantitative estimate of drug-likeness (QED) is 0.643. The van der Waals surface area contributed by atoms with Gasteiger partial charge in [0.25, 0.3) is 5.91 Å². The Labute approximate surface area is 174 Å². The fraction of sp³-hybridized carbons (Fsp3) is 0.278. The second-order valence-corrected chi connectivity index (χ2v) is 9.05. The Kier molecular flexibility index (Phi) is 6.49. The van der Waals surface area contributed by atoms with E-state index in [2.05, 4.69) is 15.9 Å². The standard InChI is InChI=1S/C18H16BrF3N2O4S/c19-12-1-4-16(15(22)9-12)28-11-18(25)23-5-7-24(8-6-23)29(26,27)17-10-13(20)2-3-14(17)21/h1-4,9-10H,5-8,11H2. The van der Waals surface area contributed by atoms with Gasteiger partial charge in [0.1, 0.15) is 16.5 Å². The Hall–Kier alpha value is -2.11. The molecule has 0 aromatic heterocycles. The van der Waals surface area contributed by atoms with Gasteiger partial charge in [-0.05, 0) is 36.4 Å². The largest absolute Gasteiger partial charge is 0.481 e. The first-order valence-electron chi connectivity index (χ1n) is 8.49. The minimum absolute atomic E-state index is 0.0428. The summed E-state index contributed by atoms with van der Waals surface area (Å²) in [6.45, 7) is -0.500.